The van der Waals surface area contributed by atoms with Gasteiger partial charge in [-0.25, -0.2) is 4.98 Å². The highest BCUT2D eigenvalue weighted by atomic mass is 32.2. The molecule has 0 aliphatic heterocycles. The van der Waals surface area contributed by atoms with E-state index in [1.807, 2.05) is 18.2 Å². The van der Waals surface area contributed by atoms with Gasteiger partial charge in [-0.3, -0.25) is 9.59 Å². The lowest BCUT2D eigenvalue weighted by Gasteiger charge is -2.12. The first kappa shape index (κ1) is 19.2. The molecule has 25 heavy (non-hydrogen) atoms. The molecule has 1 amide bonds. The van der Waals surface area contributed by atoms with Gasteiger partial charge in [-0.15, -0.1) is 0 Å². The van der Waals surface area contributed by atoms with Crippen LogP contribution in [-0.4, -0.2) is 22.4 Å². The van der Waals surface area contributed by atoms with Gasteiger partial charge in [0.1, 0.15) is 0 Å². The summed E-state index contributed by atoms with van der Waals surface area (Å²) in [5.74, 6) is -0.137. The molecule has 0 saturated carbocycles. The number of aryl methyl sites for hydroxylation is 1. The van der Waals surface area contributed by atoms with E-state index in [9.17, 15) is 9.59 Å². The summed E-state index contributed by atoms with van der Waals surface area (Å²) in [6.07, 6.45) is 2.02. The first-order valence-electron chi connectivity index (χ1n) is 8.59. The predicted octanol–water partition coefficient (Wildman–Crippen LogP) is 3.39. The van der Waals surface area contributed by atoms with Crippen LogP contribution in [-0.2, 0) is 11.2 Å². The van der Waals surface area contributed by atoms with Gasteiger partial charge < -0.3 is 10.3 Å². The molecular weight excluding hydrogens is 334 g/mol. The number of aromatic amines is 1. The van der Waals surface area contributed by atoms with Crippen molar-refractivity contribution < 1.29 is 4.79 Å². The number of amides is 1. The third-order valence-corrected chi connectivity index (χ3v) is 4.99. The highest BCUT2D eigenvalue weighted by Gasteiger charge is 2.15. The van der Waals surface area contributed by atoms with Crippen LogP contribution in [0.2, 0.25) is 0 Å². The summed E-state index contributed by atoms with van der Waals surface area (Å²) in [5, 5.41) is 3.58. The van der Waals surface area contributed by atoms with Crippen LogP contribution >= 0.6 is 11.8 Å². The minimum Gasteiger partial charge on any atom is -0.356 e. The van der Waals surface area contributed by atoms with Crippen LogP contribution in [0.1, 0.15) is 48.8 Å². The van der Waals surface area contributed by atoms with Crippen molar-refractivity contribution in [2.75, 3.05) is 6.54 Å². The van der Waals surface area contributed by atoms with Gasteiger partial charge in [-0.2, -0.15) is 0 Å². The van der Waals surface area contributed by atoms with Crippen LogP contribution in [0.4, 0.5) is 0 Å². The molecule has 2 N–H and O–H groups in total. The van der Waals surface area contributed by atoms with E-state index in [4.69, 9.17) is 0 Å². The number of thioether (sulfide) groups is 1. The molecule has 1 aromatic carbocycles. The zero-order chi connectivity index (χ0) is 18.2. The smallest absolute Gasteiger partial charge is 0.255 e. The Labute approximate surface area is 152 Å². The molecule has 0 fully saturated rings. The van der Waals surface area contributed by atoms with Gasteiger partial charge in [0.05, 0.1) is 6.42 Å². The Morgan fingerprint density at radius 3 is 2.68 bits per heavy atom. The summed E-state index contributed by atoms with van der Waals surface area (Å²) in [7, 11) is 0. The van der Waals surface area contributed by atoms with Gasteiger partial charge in [-0.05, 0) is 25.8 Å². The summed E-state index contributed by atoms with van der Waals surface area (Å²) in [5.41, 5.74) is 1.98. The summed E-state index contributed by atoms with van der Waals surface area (Å²) >= 11 is 1.50. The van der Waals surface area contributed by atoms with Crippen molar-refractivity contribution in [1.29, 1.82) is 0 Å². The maximum atomic E-state index is 12.4. The molecule has 6 heteroatoms. The molecular formula is C19H25N3O2S. The van der Waals surface area contributed by atoms with E-state index in [1.54, 1.807) is 6.92 Å². The van der Waals surface area contributed by atoms with Gasteiger partial charge in [-0.1, -0.05) is 55.4 Å². The second-order valence-corrected chi connectivity index (χ2v) is 7.32. The zero-order valence-corrected chi connectivity index (χ0v) is 15.8. The molecule has 1 aromatic heterocycles. The number of unbranched alkanes of at least 4 members (excludes halogenated alkanes) is 1. The topological polar surface area (TPSA) is 74.8 Å². The standard InChI is InChI=1S/C19H25N3O2S/c1-4-5-11-20-17(23)12-16-13(2)21-19(22-18(16)24)25-14(3)15-9-7-6-8-10-15/h6-10,14H,4-5,11-12H2,1-3H3,(H,20,23)(H,21,22,24). The van der Waals surface area contributed by atoms with E-state index >= 15 is 0 Å². The summed E-state index contributed by atoms with van der Waals surface area (Å²) in [4.78, 5) is 31.6. The molecule has 5 nitrogen and oxygen atoms in total. The van der Waals surface area contributed by atoms with E-state index in [-0.39, 0.29) is 23.1 Å². The normalized spacial score (nSPS) is 12.0. The Morgan fingerprint density at radius 2 is 2.04 bits per heavy atom. The van der Waals surface area contributed by atoms with Gasteiger partial charge in [0, 0.05) is 23.1 Å². The van der Waals surface area contributed by atoms with E-state index in [0.29, 0.717) is 23.0 Å². The number of hydrogen-bond donors (Lipinski definition) is 2. The maximum absolute atomic E-state index is 12.4. The van der Waals surface area contributed by atoms with E-state index in [1.165, 1.54) is 17.3 Å². The number of rotatable bonds is 8. The number of nitrogens with zero attached hydrogens (tertiary/aromatic N) is 1. The van der Waals surface area contributed by atoms with Gasteiger partial charge >= 0.3 is 0 Å². The van der Waals surface area contributed by atoms with Crippen molar-refractivity contribution in [1.82, 2.24) is 15.3 Å². The fourth-order valence-corrected chi connectivity index (χ4v) is 3.41. The van der Waals surface area contributed by atoms with Crippen LogP contribution in [0.3, 0.4) is 0 Å². The zero-order valence-electron chi connectivity index (χ0n) is 15.0. The molecule has 0 spiro atoms. The number of H-pyrrole nitrogens is 1. The second-order valence-electron chi connectivity index (χ2n) is 5.99. The quantitative estimate of drug-likeness (QED) is 0.430. The van der Waals surface area contributed by atoms with Crippen LogP contribution in [0.25, 0.3) is 0 Å². The van der Waals surface area contributed by atoms with E-state index in [2.05, 4.69) is 41.3 Å². The predicted molar refractivity (Wildman–Crippen MR) is 102 cm³/mol. The van der Waals surface area contributed by atoms with Crippen molar-refractivity contribution in [3.05, 3.63) is 57.5 Å². The number of aromatic nitrogens is 2. The Balaban J connectivity index is 2.06. The van der Waals surface area contributed by atoms with Gasteiger partial charge in [0.2, 0.25) is 5.91 Å². The maximum Gasteiger partial charge on any atom is 0.255 e. The summed E-state index contributed by atoms with van der Waals surface area (Å²) < 4.78 is 0. The molecule has 1 unspecified atom stereocenters. The monoisotopic (exact) mass is 359 g/mol. The minimum absolute atomic E-state index is 0.0665. The lowest BCUT2D eigenvalue weighted by Crippen LogP contribution is -2.29. The number of carbonyl (C=O) groups excluding carboxylic acids is 1. The molecule has 0 aliphatic rings. The summed E-state index contributed by atoms with van der Waals surface area (Å²) in [6, 6.07) is 10.1. The van der Waals surface area contributed by atoms with Crippen LogP contribution in [0.5, 0.6) is 0 Å². The number of nitrogens with one attached hydrogen (secondary N) is 2. The highest BCUT2D eigenvalue weighted by molar-refractivity contribution is 7.99. The van der Waals surface area contributed by atoms with Gasteiger partial charge in [0.25, 0.3) is 5.56 Å². The lowest BCUT2D eigenvalue weighted by molar-refractivity contribution is -0.120. The number of hydrogen-bond acceptors (Lipinski definition) is 4. The van der Waals surface area contributed by atoms with Gasteiger partial charge in [0.15, 0.2) is 5.16 Å². The average molecular weight is 359 g/mol. The molecule has 134 valence electrons. The largest absolute Gasteiger partial charge is 0.356 e. The average Bonchev–Trinajstić information content (AvgIpc) is 2.59. The SMILES string of the molecule is CCCCNC(=O)Cc1c(C)nc(SC(C)c2ccccc2)[nH]c1=O. The van der Waals surface area contributed by atoms with Crippen molar-refractivity contribution in [2.45, 2.75) is 50.4 Å². The fraction of sp³-hybridized carbons (Fsp3) is 0.421. The second kappa shape index (κ2) is 9.42. The van der Waals surface area contributed by atoms with Crippen molar-refractivity contribution >= 4 is 17.7 Å². The Bertz CT molecular complexity index is 759. The number of benzene rings is 1. The molecule has 0 aliphatic carbocycles. The molecule has 2 rings (SSSR count). The third-order valence-electron chi connectivity index (χ3n) is 3.95. The summed E-state index contributed by atoms with van der Waals surface area (Å²) in [6.45, 7) is 6.56. The molecule has 0 radical (unpaired) electrons. The van der Waals surface area contributed by atoms with Crippen LogP contribution in [0, 0.1) is 6.92 Å². The Morgan fingerprint density at radius 1 is 1.32 bits per heavy atom. The lowest BCUT2D eigenvalue weighted by atomic mass is 10.1. The van der Waals surface area contributed by atoms with Crippen LogP contribution in [0.15, 0.2) is 40.3 Å². The Kier molecular flexibility index (Phi) is 7.25. The molecule has 1 atom stereocenters. The van der Waals surface area contributed by atoms with E-state index < -0.39 is 0 Å². The molecule has 1 heterocycles. The Hall–Kier alpha value is -2.08. The third kappa shape index (κ3) is 5.74. The molecule has 2 aromatic rings. The fourth-order valence-electron chi connectivity index (χ4n) is 2.44. The first-order valence-corrected chi connectivity index (χ1v) is 9.47. The molecule has 0 saturated heterocycles. The first-order chi connectivity index (χ1) is 12.0. The molecule has 0 bridgehead atoms. The number of carbonyl (C=O) groups is 1. The van der Waals surface area contributed by atoms with Crippen LogP contribution < -0.4 is 10.9 Å². The highest BCUT2D eigenvalue weighted by Crippen LogP contribution is 2.32. The van der Waals surface area contributed by atoms with E-state index in [0.717, 1.165) is 12.8 Å². The van der Waals surface area contributed by atoms with Crippen molar-refractivity contribution in [3.63, 3.8) is 0 Å². The van der Waals surface area contributed by atoms with Crippen molar-refractivity contribution in [3.8, 4) is 0 Å². The minimum atomic E-state index is -0.235. The van der Waals surface area contributed by atoms with Crippen molar-refractivity contribution in [2.24, 2.45) is 0 Å².